The number of rotatable bonds is 4. The van der Waals surface area contributed by atoms with Crippen LogP contribution in [0.5, 0.6) is 0 Å². The van der Waals surface area contributed by atoms with Crippen LogP contribution in [0.2, 0.25) is 0 Å². The highest BCUT2D eigenvalue weighted by atomic mass is 16.6. The Bertz CT molecular complexity index is 912. The third kappa shape index (κ3) is 2.88. The van der Waals surface area contributed by atoms with E-state index in [0.717, 1.165) is 22.8 Å². The van der Waals surface area contributed by atoms with Crippen LogP contribution in [0.15, 0.2) is 48.0 Å². The van der Waals surface area contributed by atoms with Gasteiger partial charge in [0, 0.05) is 17.1 Å². The van der Waals surface area contributed by atoms with Crippen molar-refractivity contribution in [2.45, 2.75) is 0 Å². The summed E-state index contributed by atoms with van der Waals surface area (Å²) in [5, 5.41) is 15.4. The molecule has 0 fully saturated rings. The minimum Gasteiger partial charge on any atom is -0.358 e. The van der Waals surface area contributed by atoms with Crippen molar-refractivity contribution in [1.82, 2.24) is 20.4 Å². The number of pyridine rings is 1. The highest BCUT2D eigenvalue weighted by Gasteiger charge is 2.21. The zero-order valence-electron chi connectivity index (χ0n) is 11.6. The van der Waals surface area contributed by atoms with E-state index in [1.807, 2.05) is 24.3 Å². The quantitative estimate of drug-likeness (QED) is 0.430. The van der Waals surface area contributed by atoms with Crippen molar-refractivity contribution in [3.05, 3.63) is 64.2 Å². The largest absolute Gasteiger partial charge is 0.358 e. The fraction of sp³-hybridized carbons (Fsp3) is 0. The van der Waals surface area contributed by atoms with E-state index in [9.17, 15) is 14.9 Å². The monoisotopic (exact) mass is 310 g/mol. The smallest absolute Gasteiger partial charge is 0.353 e. The number of hydrazone groups is 1. The van der Waals surface area contributed by atoms with Gasteiger partial charge in [-0.15, -0.1) is 0 Å². The molecule has 2 N–H and O–H groups in total. The number of nitrogens with one attached hydrogen (secondary N) is 2. The van der Waals surface area contributed by atoms with Gasteiger partial charge in [-0.2, -0.15) is 5.10 Å². The molecule has 23 heavy (non-hydrogen) atoms. The number of carbonyl (C=O) groups excluding carboxylic acids is 1. The number of carbonyl (C=O) groups is 1. The molecule has 0 aliphatic carbocycles. The number of aromatic nitrogens is 3. The average Bonchev–Trinajstić information content (AvgIpc) is 3.05. The van der Waals surface area contributed by atoms with Gasteiger partial charge in [0.15, 0.2) is 6.33 Å². The SMILES string of the molecule is O=C(N/N=C\c1cccc2ncccc12)c1nc[nH]c1[N+](=O)[O-]. The lowest BCUT2D eigenvalue weighted by Gasteiger charge is -2.00. The van der Waals surface area contributed by atoms with Crippen molar-refractivity contribution in [2.75, 3.05) is 0 Å². The Morgan fingerprint density at radius 1 is 1.30 bits per heavy atom. The molecule has 0 saturated heterocycles. The second-order valence-corrected chi connectivity index (χ2v) is 4.47. The number of fused-ring (bicyclic) bond motifs is 1. The number of nitro groups is 1. The van der Waals surface area contributed by atoms with Gasteiger partial charge in [0.25, 0.3) is 5.91 Å². The van der Waals surface area contributed by atoms with Crippen molar-refractivity contribution in [3.8, 4) is 0 Å². The Balaban J connectivity index is 1.79. The van der Waals surface area contributed by atoms with Crippen molar-refractivity contribution >= 4 is 28.8 Å². The third-order valence-corrected chi connectivity index (χ3v) is 3.07. The van der Waals surface area contributed by atoms with E-state index in [1.165, 1.54) is 6.21 Å². The minimum absolute atomic E-state index is 0.327. The summed E-state index contributed by atoms with van der Waals surface area (Å²) in [6.07, 6.45) is 4.20. The molecular formula is C14H10N6O3. The predicted octanol–water partition coefficient (Wildman–Crippen LogP) is 1.63. The van der Waals surface area contributed by atoms with E-state index < -0.39 is 16.6 Å². The molecule has 3 aromatic rings. The van der Waals surface area contributed by atoms with Crippen LogP contribution in [-0.4, -0.2) is 32.0 Å². The summed E-state index contributed by atoms with van der Waals surface area (Å²) in [5.41, 5.74) is 3.44. The normalized spacial score (nSPS) is 11.0. The average molecular weight is 310 g/mol. The lowest BCUT2D eigenvalue weighted by Crippen LogP contribution is -2.19. The summed E-state index contributed by atoms with van der Waals surface area (Å²) >= 11 is 0. The molecule has 0 unspecified atom stereocenters. The standard InChI is InChI=1S/C14H10N6O3/c21-14(12-13(20(22)23)17-8-16-12)19-18-7-9-3-1-5-11-10(9)4-2-6-15-11/h1-8H,(H,16,17)(H,19,21)/b18-7-. The van der Waals surface area contributed by atoms with Crippen LogP contribution < -0.4 is 5.43 Å². The minimum atomic E-state index is -0.771. The van der Waals surface area contributed by atoms with E-state index >= 15 is 0 Å². The highest BCUT2D eigenvalue weighted by Crippen LogP contribution is 2.14. The summed E-state index contributed by atoms with van der Waals surface area (Å²) in [5.74, 6) is -1.25. The first kappa shape index (κ1) is 14.3. The number of hydrogen-bond donors (Lipinski definition) is 2. The van der Waals surface area contributed by atoms with E-state index in [-0.39, 0.29) is 5.69 Å². The first-order valence-electron chi connectivity index (χ1n) is 6.52. The molecule has 2 aromatic heterocycles. The van der Waals surface area contributed by atoms with Crippen LogP contribution >= 0.6 is 0 Å². The van der Waals surface area contributed by atoms with Gasteiger partial charge in [0.2, 0.25) is 5.69 Å². The molecule has 0 radical (unpaired) electrons. The van der Waals surface area contributed by atoms with Gasteiger partial charge in [-0.05, 0) is 17.1 Å². The molecule has 2 heterocycles. The van der Waals surface area contributed by atoms with Crippen LogP contribution in [0.25, 0.3) is 10.9 Å². The molecule has 9 nitrogen and oxygen atoms in total. The predicted molar refractivity (Wildman–Crippen MR) is 82.0 cm³/mol. The lowest BCUT2D eigenvalue weighted by atomic mass is 10.1. The van der Waals surface area contributed by atoms with Gasteiger partial charge in [-0.1, -0.05) is 18.2 Å². The summed E-state index contributed by atoms with van der Waals surface area (Å²) in [7, 11) is 0. The third-order valence-electron chi connectivity index (χ3n) is 3.07. The van der Waals surface area contributed by atoms with Crippen molar-refractivity contribution in [1.29, 1.82) is 0 Å². The Morgan fingerprint density at radius 2 is 2.17 bits per heavy atom. The Labute approximate surface area is 129 Å². The molecule has 0 aliphatic heterocycles. The van der Waals surface area contributed by atoms with E-state index in [1.54, 1.807) is 12.3 Å². The summed E-state index contributed by atoms with van der Waals surface area (Å²) in [6.45, 7) is 0. The maximum Gasteiger partial charge on any atom is 0.353 e. The number of hydrogen-bond acceptors (Lipinski definition) is 6. The summed E-state index contributed by atoms with van der Waals surface area (Å²) < 4.78 is 0. The Kier molecular flexibility index (Phi) is 3.75. The number of nitrogens with zero attached hydrogens (tertiary/aromatic N) is 4. The molecule has 1 amide bonds. The number of aromatic amines is 1. The fourth-order valence-electron chi connectivity index (χ4n) is 2.05. The van der Waals surface area contributed by atoms with Gasteiger partial charge in [-0.25, -0.2) is 15.4 Å². The molecular weight excluding hydrogens is 300 g/mol. The lowest BCUT2D eigenvalue weighted by molar-refractivity contribution is -0.389. The molecule has 0 bridgehead atoms. The molecule has 9 heteroatoms. The van der Waals surface area contributed by atoms with Crippen molar-refractivity contribution in [3.63, 3.8) is 0 Å². The van der Waals surface area contributed by atoms with E-state index in [0.29, 0.717) is 0 Å². The maximum atomic E-state index is 11.9. The number of imidazole rings is 1. The van der Waals surface area contributed by atoms with Crippen LogP contribution in [-0.2, 0) is 0 Å². The highest BCUT2D eigenvalue weighted by molar-refractivity contribution is 5.99. The van der Waals surface area contributed by atoms with E-state index in [2.05, 4.69) is 25.5 Å². The molecule has 0 saturated carbocycles. The molecule has 0 aliphatic rings. The fourth-order valence-corrected chi connectivity index (χ4v) is 2.05. The second-order valence-electron chi connectivity index (χ2n) is 4.47. The van der Waals surface area contributed by atoms with E-state index in [4.69, 9.17) is 0 Å². The molecule has 0 atom stereocenters. The number of amides is 1. The zero-order valence-corrected chi connectivity index (χ0v) is 11.6. The summed E-state index contributed by atoms with van der Waals surface area (Å²) in [6, 6.07) is 9.17. The van der Waals surface area contributed by atoms with Crippen molar-refractivity contribution in [2.24, 2.45) is 5.10 Å². The molecule has 1 aromatic carbocycles. The van der Waals surface area contributed by atoms with Gasteiger partial charge in [0.05, 0.1) is 11.7 Å². The van der Waals surface area contributed by atoms with Gasteiger partial charge >= 0.3 is 5.82 Å². The van der Waals surface area contributed by atoms with Crippen LogP contribution in [0, 0.1) is 10.1 Å². The first-order chi connectivity index (χ1) is 11.2. The summed E-state index contributed by atoms with van der Waals surface area (Å²) in [4.78, 5) is 32.0. The topological polar surface area (TPSA) is 126 Å². The van der Waals surface area contributed by atoms with Gasteiger partial charge in [0.1, 0.15) is 0 Å². The maximum absolute atomic E-state index is 11.9. The number of benzene rings is 1. The van der Waals surface area contributed by atoms with Gasteiger partial charge in [-0.3, -0.25) is 9.78 Å². The van der Waals surface area contributed by atoms with Crippen molar-refractivity contribution < 1.29 is 9.72 Å². The van der Waals surface area contributed by atoms with Gasteiger partial charge < -0.3 is 10.1 Å². The Hall–Kier alpha value is -3.62. The van der Waals surface area contributed by atoms with Crippen LogP contribution in [0.4, 0.5) is 5.82 Å². The molecule has 114 valence electrons. The Morgan fingerprint density at radius 3 is 3.00 bits per heavy atom. The zero-order chi connectivity index (χ0) is 16.2. The first-order valence-corrected chi connectivity index (χ1v) is 6.52. The molecule has 0 spiro atoms. The molecule has 3 rings (SSSR count). The van der Waals surface area contributed by atoms with Crippen LogP contribution in [0.3, 0.4) is 0 Å². The second kappa shape index (κ2) is 6.02. The number of H-pyrrole nitrogens is 1. The van der Waals surface area contributed by atoms with Crippen LogP contribution in [0.1, 0.15) is 16.1 Å².